The maximum absolute atomic E-state index is 6.43. The number of benzene rings is 11. The minimum Gasteiger partial charge on any atom is -0.452 e. The maximum atomic E-state index is 6.43. The summed E-state index contributed by atoms with van der Waals surface area (Å²) < 4.78 is 11.3. The number of fused-ring (bicyclic) bond motifs is 12. The van der Waals surface area contributed by atoms with Crippen LogP contribution in [0.5, 0.6) is 0 Å². The fraction of sp³-hybridized carbons (Fsp3) is 0.0411. The van der Waals surface area contributed by atoms with Crippen LogP contribution in [0.3, 0.4) is 0 Å². The average molecular weight is 997 g/mol. The monoisotopic (exact) mass is 996 g/mol. The molecule has 0 bridgehead atoms. The molecule has 0 aliphatic heterocycles. The molecule has 4 heterocycles. The van der Waals surface area contributed by atoms with Crippen LogP contribution in [0, 0.1) is 13.8 Å². The SMILES string of the molecule is Cc1ccc2c(c1)-c1cc(C)ccc1C2(c1cccc(-c2cccc(-c3ncnc4c3oc3ccccc34)c2)c1)c1cccc(-c2cccc(-n3c4ccccc4c4cc(-n5c6ccccc6c6ccccc65)ccc43)c2)c1. The summed E-state index contributed by atoms with van der Waals surface area (Å²) in [6.45, 7) is 4.41. The Bertz CT molecular complexity index is 4870. The fourth-order valence-electron chi connectivity index (χ4n) is 13.2. The molecule has 0 saturated heterocycles. The Morgan fingerprint density at radius 1 is 0.359 bits per heavy atom. The normalized spacial score (nSPS) is 12.8. The lowest BCUT2D eigenvalue weighted by Crippen LogP contribution is -2.28. The summed E-state index contributed by atoms with van der Waals surface area (Å²) >= 11 is 0. The first-order chi connectivity index (χ1) is 38.5. The van der Waals surface area contributed by atoms with E-state index in [4.69, 9.17) is 9.40 Å². The number of aromatic nitrogens is 4. The highest BCUT2D eigenvalue weighted by Gasteiger charge is 2.46. The predicted molar refractivity (Wildman–Crippen MR) is 321 cm³/mol. The van der Waals surface area contributed by atoms with Gasteiger partial charge in [-0.15, -0.1) is 0 Å². The molecule has 0 radical (unpaired) electrons. The molecule has 0 spiro atoms. The summed E-state index contributed by atoms with van der Waals surface area (Å²) in [5, 5.41) is 5.94. The molecule has 1 aliphatic carbocycles. The quantitative estimate of drug-likeness (QED) is 0.160. The van der Waals surface area contributed by atoms with Crippen molar-refractivity contribution >= 4 is 65.7 Å². The van der Waals surface area contributed by atoms with Crippen molar-refractivity contribution < 1.29 is 4.42 Å². The van der Waals surface area contributed by atoms with E-state index in [1.54, 1.807) is 6.33 Å². The highest BCUT2D eigenvalue weighted by Crippen LogP contribution is 2.57. The second kappa shape index (κ2) is 17.0. The molecule has 0 amide bonds. The molecule has 0 saturated carbocycles. The lowest BCUT2D eigenvalue weighted by molar-refractivity contribution is 0.667. The van der Waals surface area contributed by atoms with Crippen LogP contribution in [0.1, 0.15) is 33.4 Å². The molecule has 0 fully saturated rings. The van der Waals surface area contributed by atoms with Gasteiger partial charge in [0.05, 0.1) is 27.5 Å². The predicted octanol–water partition coefficient (Wildman–Crippen LogP) is 18.6. The Balaban J connectivity index is 0.845. The first-order valence-corrected chi connectivity index (χ1v) is 26.8. The number of para-hydroxylation sites is 4. The Morgan fingerprint density at radius 3 is 1.47 bits per heavy atom. The molecule has 78 heavy (non-hydrogen) atoms. The van der Waals surface area contributed by atoms with E-state index in [-0.39, 0.29) is 0 Å². The van der Waals surface area contributed by atoms with Crippen molar-refractivity contribution in [3.8, 4) is 56.0 Å². The zero-order valence-corrected chi connectivity index (χ0v) is 42.9. The zero-order valence-electron chi connectivity index (χ0n) is 42.9. The van der Waals surface area contributed by atoms with Crippen LogP contribution in [0.4, 0.5) is 0 Å². The second-order valence-corrected chi connectivity index (χ2v) is 21.1. The third-order valence-corrected chi connectivity index (χ3v) is 16.6. The van der Waals surface area contributed by atoms with Crippen molar-refractivity contribution in [3.05, 3.63) is 288 Å². The average Bonchev–Trinajstić information content (AvgIpc) is 4.43. The van der Waals surface area contributed by atoms with Gasteiger partial charge in [-0.05, 0) is 148 Å². The molecule has 0 unspecified atom stereocenters. The van der Waals surface area contributed by atoms with Crippen molar-refractivity contribution in [1.29, 1.82) is 0 Å². The summed E-state index contributed by atoms with van der Waals surface area (Å²) in [5.41, 5.74) is 25.0. The van der Waals surface area contributed by atoms with E-state index in [2.05, 4.69) is 258 Å². The fourth-order valence-corrected chi connectivity index (χ4v) is 13.2. The number of nitrogens with zero attached hydrogens (tertiary/aromatic N) is 4. The molecule has 15 aromatic rings. The van der Waals surface area contributed by atoms with Gasteiger partial charge in [-0.1, -0.05) is 181 Å². The van der Waals surface area contributed by atoms with E-state index in [1.165, 1.54) is 88.1 Å². The Morgan fingerprint density at radius 2 is 0.846 bits per heavy atom. The molecule has 0 atom stereocenters. The number of rotatable bonds is 7. The summed E-state index contributed by atoms with van der Waals surface area (Å²) in [4.78, 5) is 9.46. The van der Waals surface area contributed by atoms with Gasteiger partial charge in [0.1, 0.15) is 23.1 Å². The molecule has 1 aliphatic rings. The largest absolute Gasteiger partial charge is 0.452 e. The molecule has 16 rings (SSSR count). The smallest absolute Gasteiger partial charge is 0.180 e. The highest BCUT2D eigenvalue weighted by atomic mass is 16.3. The molecular formula is C73H48N4O. The van der Waals surface area contributed by atoms with Crippen LogP contribution in [-0.4, -0.2) is 19.1 Å². The van der Waals surface area contributed by atoms with Crippen molar-refractivity contribution in [2.24, 2.45) is 0 Å². The Kier molecular flexibility index (Phi) is 9.61. The lowest BCUT2D eigenvalue weighted by atomic mass is 9.67. The van der Waals surface area contributed by atoms with Gasteiger partial charge in [-0.3, -0.25) is 0 Å². The standard InChI is InChI=1S/C73H48N4O/c1-45-31-34-63-60(37-45)61-38-46(2)32-35-64(61)73(63,52-20-12-16-48(40-52)47-15-11-19-51(39-47)70-72-71(75-44-74-70)59-26-6-10-30-69(59)78-72)53-21-13-17-49(41-53)50-18-14-22-54(42-50)76-67-29-9-5-25-58(67)62-43-55(33-36-68(62)76)77-65-27-7-3-23-56(65)57-24-4-8-28-66(57)77/h3-44H,1-2H3. The van der Waals surface area contributed by atoms with Gasteiger partial charge >= 0.3 is 0 Å². The maximum Gasteiger partial charge on any atom is 0.180 e. The van der Waals surface area contributed by atoms with Gasteiger partial charge in [-0.2, -0.15) is 0 Å². The minimum absolute atomic E-state index is 0.638. The van der Waals surface area contributed by atoms with E-state index < -0.39 is 5.41 Å². The van der Waals surface area contributed by atoms with Gasteiger partial charge in [-0.25, -0.2) is 9.97 Å². The second-order valence-electron chi connectivity index (χ2n) is 21.1. The van der Waals surface area contributed by atoms with Crippen molar-refractivity contribution in [1.82, 2.24) is 19.1 Å². The highest BCUT2D eigenvalue weighted by molar-refractivity contribution is 6.12. The van der Waals surface area contributed by atoms with E-state index in [0.717, 1.165) is 61.4 Å². The van der Waals surface area contributed by atoms with Crippen LogP contribution < -0.4 is 0 Å². The van der Waals surface area contributed by atoms with Gasteiger partial charge in [0, 0.05) is 43.9 Å². The number of aryl methyl sites for hydroxylation is 2. The zero-order chi connectivity index (χ0) is 51.6. The molecule has 11 aromatic carbocycles. The summed E-state index contributed by atoms with van der Waals surface area (Å²) in [7, 11) is 0. The summed E-state index contributed by atoms with van der Waals surface area (Å²) in [6, 6.07) is 91.7. The lowest BCUT2D eigenvalue weighted by Gasteiger charge is -2.34. The van der Waals surface area contributed by atoms with Crippen LogP contribution in [0.25, 0.3) is 122 Å². The van der Waals surface area contributed by atoms with Gasteiger partial charge in [0.25, 0.3) is 0 Å². The van der Waals surface area contributed by atoms with Crippen LogP contribution in [0.15, 0.2) is 259 Å². The molecule has 366 valence electrons. The topological polar surface area (TPSA) is 48.8 Å². The van der Waals surface area contributed by atoms with Gasteiger partial charge < -0.3 is 13.6 Å². The molecule has 4 aromatic heterocycles. The molecule has 5 heteroatoms. The molecule has 0 N–H and O–H groups in total. The van der Waals surface area contributed by atoms with Crippen LogP contribution >= 0.6 is 0 Å². The van der Waals surface area contributed by atoms with Crippen molar-refractivity contribution in [2.75, 3.05) is 0 Å². The third kappa shape index (κ3) is 6.48. The van der Waals surface area contributed by atoms with Gasteiger partial charge in [0.15, 0.2) is 5.58 Å². The van der Waals surface area contributed by atoms with E-state index >= 15 is 0 Å². The first kappa shape index (κ1) is 44.2. The van der Waals surface area contributed by atoms with E-state index in [1.807, 2.05) is 18.2 Å². The van der Waals surface area contributed by atoms with Crippen molar-refractivity contribution in [2.45, 2.75) is 19.3 Å². The van der Waals surface area contributed by atoms with Gasteiger partial charge in [0.2, 0.25) is 0 Å². The minimum atomic E-state index is -0.638. The number of furan rings is 1. The summed E-state index contributed by atoms with van der Waals surface area (Å²) in [6.07, 6.45) is 1.65. The van der Waals surface area contributed by atoms with Crippen LogP contribution in [0.2, 0.25) is 0 Å². The third-order valence-electron chi connectivity index (χ3n) is 16.6. The summed E-state index contributed by atoms with van der Waals surface area (Å²) in [5.74, 6) is 0. The van der Waals surface area contributed by atoms with E-state index in [9.17, 15) is 0 Å². The first-order valence-electron chi connectivity index (χ1n) is 26.8. The van der Waals surface area contributed by atoms with Crippen LogP contribution in [-0.2, 0) is 5.41 Å². The number of hydrogen-bond donors (Lipinski definition) is 0. The number of hydrogen-bond acceptors (Lipinski definition) is 3. The Hall–Kier alpha value is -10.1. The molecular weight excluding hydrogens is 949 g/mol. The Labute approximate surface area is 450 Å². The van der Waals surface area contributed by atoms with E-state index in [0.29, 0.717) is 5.58 Å². The molecule has 5 nitrogen and oxygen atoms in total. The van der Waals surface area contributed by atoms with Crippen molar-refractivity contribution in [3.63, 3.8) is 0 Å².